The highest BCUT2D eigenvalue weighted by Gasteiger charge is 2.27. The van der Waals surface area contributed by atoms with Gasteiger partial charge in [-0.05, 0) is 29.8 Å². The van der Waals surface area contributed by atoms with E-state index in [2.05, 4.69) is 4.98 Å². The number of benzene rings is 1. The van der Waals surface area contributed by atoms with E-state index in [0.29, 0.717) is 31.0 Å². The summed E-state index contributed by atoms with van der Waals surface area (Å²) in [6.07, 6.45) is 4.59. The zero-order chi connectivity index (χ0) is 17.6. The van der Waals surface area contributed by atoms with Gasteiger partial charge in [-0.25, -0.2) is 0 Å². The van der Waals surface area contributed by atoms with Gasteiger partial charge in [-0.3, -0.25) is 9.78 Å². The Hall–Kier alpha value is -2.76. The van der Waals surface area contributed by atoms with Gasteiger partial charge < -0.3 is 19.1 Å². The first-order valence-corrected chi connectivity index (χ1v) is 8.25. The number of amides is 1. The van der Waals surface area contributed by atoms with Crippen LogP contribution in [0.25, 0.3) is 0 Å². The summed E-state index contributed by atoms with van der Waals surface area (Å²) in [6, 6.07) is 9.21. The largest absolute Gasteiger partial charge is 0.493 e. The summed E-state index contributed by atoms with van der Waals surface area (Å²) in [7, 11) is 3.18. The van der Waals surface area contributed by atoms with Gasteiger partial charge in [-0.1, -0.05) is 6.07 Å². The molecule has 3 rings (SSSR count). The second-order valence-corrected chi connectivity index (χ2v) is 5.92. The molecule has 1 atom stereocenters. The monoisotopic (exact) mass is 342 g/mol. The maximum atomic E-state index is 12.6. The Kier molecular flexibility index (Phi) is 5.38. The van der Waals surface area contributed by atoms with Crippen LogP contribution in [0.3, 0.4) is 0 Å². The van der Waals surface area contributed by atoms with Gasteiger partial charge in [0.2, 0.25) is 5.91 Å². The summed E-state index contributed by atoms with van der Waals surface area (Å²) >= 11 is 0. The van der Waals surface area contributed by atoms with Gasteiger partial charge in [0, 0.05) is 25.4 Å². The third-order valence-corrected chi connectivity index (χ3v) is 4.25. The Labute approximate surface area is 147 Å². The third kappa shape index (κ3) is 4.21. The van der Waals surface area contributed by atoms with Crippen molar-refractivity contribution in [2.45, 2.75) is 18.9 Å². The molecule has 1 aromatic carbocycles. The van der Waals surface area contributed by atoms with Gasteiger partial charge in [-0.15, -0.1) is 0 Å². The van der Waals surface area contributed by atoms with Crippen LogP contribution in [-0.2, 0) is 11.2 Å². The van der Waals surface area contributed by atoms with Crippen molar-refractivity contribution in [2.24, 2.45) is 0 Å². The van der Waals surface area contributed by atoms with Crippen molar-refractivity contribution < 1.29 is 19.0 Å². The number of rotatable bonds is 6. The fourth-order valence-corrected chi connectivity index (χ4v) is 2.94. The Morgan fingerprint density at radius 2 is 1.92 bits per heavy atom. The Balaban J connectivity index is 1.57. The molecule has 2 aromatic rings. The lowest BCUT2D eigenvalue weighted by molar-refractivity contribution is -0.129. The molecule has 1 aliphatic heterocycles. The molecule has 0 aliphatic carbocycles. The molecule has 0 radical (unpaired) electrons. The summed E-state index contributed by atoms with van der Waals surface area (Å²) < 4.78 is 16.4. The molecule has 1 unspecified atom stereocenters. The van der Waals surface area contributed by atoms with Crippen molar-refractivity contribution in [2.75, 3.05) is 27.3 Å². The molecule has 132 valence electrons. The highest BCUT2D eigenvalue weighted by Crippen LogP contribution is 2.28. The van der Waals surface area contributed by atoms with Crippen molar-refractivity contribution in [1.82, 2.24) is 9.88 Å². The van der Waals surface area contributed by atoms with E-state index in [9.17, 15) is 4.79 Å². The fourth-order valence-electron chi connectivity index (χ4n) is 2.94. The van der Waals surface area contributed by atoms with E-state index in [0.717, 1.165) is 17.7 Å². The predicted octanol–water partition coefficient (Wildman–Crippen LogP) is 2.32. The van der Waals surface area contributed by atoms with Crippen LogP contribution in [0.4, 0.5) is 0 Å². The van der Waals surface area contributed by atoms with Crippen LogP contribution in [0.15, 0.2) is 42.7 Å². The molecule has 1 saturated heterocycles. The van der Waals surface area contributed by atoms with E-state index >= 15 is 0 Å². The van der Waals surface area contributed by atoms with Crippen LogP contribution in [0.2, 0.25) is 0 Å². The van der Waals surface area contributed by atoms with Crippen LogP contribution >= 0.6 is 0 Å². The van der Waals surface area contributed by atoms with E-state index in [4.69, 9.17) is 14.2 Å². The minimum atomic E-state index is 0.0248. The van der Waals surface area contributed by atoms with Gasteiger partial charge >= 0.3 is 0 Å². The quantitative estimate of drug-likeness (QED) is 0.806. The van der Waals surface area contributed by atoms with E-state index < -0.39 is 0 Å². The van der Waals surface area contributed by atoms with Gasteiger partial charge in [0.1, 0.15) is 11.9 Å². The first-order valence-electron chi connectivity index (χ1n) is 8.25. The summed E-state index contributed by atoms with van der Waals surface area (Å²) in [5.74, 6) is 2.17. The molecule has 1 fully saturated rings. The first-order chi connectivity index (χ1) is 12.2. The lowest BCUT2D eigenvalue weighted by atomic mass is 10.1. The Bertz CT molecular complexity index is 721. The van der Waals surface area contributed by atoms with Crippen LogP contribution in [-0.4, -0.2) is 49.2 Å². The van der Waals surface area contributed by atoms with Crippen molar-refractivity contribution in [3.63, 3.8) is 0 Å². The van der Waals surface area contributed by atoms with Crippen molar-refractivity contribution in [3.05, 3.63) is 48.3 Å². The van der Waals surface area contributed by atoms with Crippen LogP contribution in [0.5, 0.6) is 17.2 Å². The zero-order valence-electron chi connectivity index (χ0n) is 14.5. The van der Waals surface area contributed by atoms with Crippen LogP contribution in [0, 0.1) is 0 Å². The summed E-state index contributed by atoms with van der Waals surface area (Å²) in [5, 5.41) is 0. The van der Waals surface area contributed by atoms with E-state index in [-0.39, 0.29) is 12.0 Å². The van der Waals surface area contributed by atoms with E-state index in [1.165, 1.54) is 0 Å². The number of nitrogens with zero attached hydrogens (tertiary/aromatic N) is 2. The summed E-state index contributed by atoms with van der Waals surface area (Å²) in [4.78, 5) is 18.4. The second-order valence-electron chi connectivity index (χ2n) is 5.92. The Morgan fingerprint density at radius 3 is 2.64 bits per heavy atom. The van der Waals surface area contributed by atoms with Crippen LogP contribution in [0.1, 0.15) is 12.0 Å². The number of ether oxygens (including phenoxy) is 3. The predicted molar refractivity (Wildman–Crippen MR) is 93.1 cm³/mol. The number of carbonyl (C=O) groups excluding carboxylic acids is 1. The highest BCUT2D eigenvalue weighted by molar-refractivity contribution is 5.79. The number of pyridine rings is 1. The molecule has 1 aromatic heterocycles. The lowest BCUT2D eigenvalue weighted by Crippen LogP contribution is -2.32. The van der Waals surface area contributed by atoms with E-state index in [1.54, 1.807) is 26.6 Å². The molecule has 1 amide bonds. The molecule has 0 bridgehead atoms. The van der Waals surface area contributed by atoms with Crippen molar-refractivity contribution >= 4 is 5.91 Å². The van der Waals surface area contributed by atoms with Crippen LogP contribution < -0.4 is 14.2 Å². The third-order valence-electron chi connectivity index (χ3n) is 4.25. The second kappa shape index (κ2) is 7.88. The van der Waals surface area contributed by atoms with Gasteiger partial charge in [0.25, 0.3) is 0 Å². The maximum absolute atomic E-state index is 12.6. The number of likely N-dealkylation sites (tertiary alicyclic amines) is 1. The highest BCUT2D eigenvalue weighted by atomic mass is 16.5. The molecule has 0 spiro atoms. The smallest absolute Gasteiger partial charge is 0.227 e. The summed E-state index contributed by atoms with van der Waals surface area (Å²) in [5.41, 5.74) is 0.904. The standard InChI is InChI=1S/C19H22N2O4/c1-23-17-4-3-14(11-18(17)24-2)12-19(22)21-10-7-16(13-21)25-15-5-8-20-9-6-15/h3-6,8-9,11,16H,7,10,12-13H2,1-2H3. The Morgan fingerprint density at radius 1 is 1.16 bits per heavy atom. The molecule has 0 N–H and O–H groups in total. The molecule has 25 heavy (non-hydrogen) atoms. The maximum Gasteiger partial charge on any atom is 0.227 e. The minimum Gasteiger partial charge on any atom is -0.493 e. The van der Waals surface area contributed by atoms with Gasteiger partial charge in [-0.2, -0.15) is 0 Å². The molecular formula is C19H22N2O4. The molecule has 1 aliphatic rings. The first kappa shape index (κ1) is 17.1. The number of hydrogen-bond donors (Lipinski definition) is 0. The lowest BCUT2D eigenvalue weighted by Gasteiger charge is -2.18. The minimum absolute atomic E-state index is 0.0248. The molecule has 6 heteroatoms. The van der Waals surface area contributed by atoms with E-state index in [1.807, 2.05) is 35.2 Å². The molecular weight excluding hydrogens is 320 g/mol. The average Bonchev–Trinajstić information content (AvgIpc) is 3.11. The topological polar surface area (TPSA) is 60.9 Å². The molecule has 0 saturated carbocycles. The summed E-state index contributed by atoms with van der Waals surface area (Å²) in [6.45, 7) is 1.32. The van der Waals surface area contributed by atoms with Crippen molar-refractivity contribution in [1.29, 1.82) is 0 Å². The SMILES string of the molecule is COc1ccc(CC(=O)N2CCC(Oc3ccncc3)C2)cc1OC. The average molecular weight is 342 g/mol. The zero-order valence-corrected chi connectivity index (χ0v) is 14.5. The number of carbonyl (C=O) groups is 1. The number of methoxy groups -OCH3 is 2. The number of hydrogen-bond acceptors (Lipinski definition) is 5. The number of aromatic nitrogens is 1. The van der Waals surface area contributed by atoms with Crippen molar-refractivity contribution in [3.8, 4) is 17.2 Å². The molecule has 2 heterocycles. The van der Waals surface area contributed by atoms with Gasteiger partial charge in [0.05, 0.1) is 27.2 Å². The normalized spacial score (nSPS) is 16.6. The fraction of sp³-hybridized carbons (Fsp3) is 0.368. The van der Waals surface area contributed by atoms with Gasteiger partial charge in [0.15, 0.2) is 11.5 Å². The molecule has 6 nitrogen and oxygen atoms in total.